The summed E-state index contributed by atoms with van der Waals surface area (Å²) in [4.78, 5) is 0. The van der Waals surface area contributed by atoms with E-state index in [0.717, 1.165) is 38.9 Å². The molecule has 0 aliphatic carbocycles. The van der Waals surface area contributed by atoms with Crippen LogP contribution in [0.25, 0.3) is 5.43 Å². The molecule has 0 saturated heterocycles. The Bertz CT molecular complexity index is 1540. The van der Waals surface area contributed by atoms with Crippen LogP contribution < -0.4 is 0 Å². The van der Waals surface area contributed by atoms with E-state index < -0.39 is 0 Å². The van der Waals surface area contributed by atoms with E-state index in [4.69, 9.17) is 5.43 Å². The molecule has 3 aromatic rings. The Hall–Kier alpha value is -0.692. The van der Waals surface area contributed by atoms with Crippen LogP contribution in [0.5, 0.6) is 11.5 Å². The third-order valence-electron chi connectivity index (χ3n) is 9.00. The van der Waals surface area contributed by atoms with Crippen molar-refractivity contribution in [2.75, 3.05) is 6.67 Å². The molecule has 266 valence electrons. The van der Waals surface area contributed by atoms with Crippen molar-refractivity contribution >= 4 is 0 Å². The Kier molecular flexibility index (Phi) is 16.5. The summed E-state index contributed by atoms with van der Waals surface area (Å²) in [5, 5.41) is 36.8. The Morgan fingerprint density at radius 3 is 1.39 bits per heavy atom. The van der Waals surface area contributed by atoms with E-state index in [1.165, 1.54) is 21.8 Å². The molecule has 0 saturated carbocycles. The fourth-order valence-electron chi connectivity index (χ4n) is 6.24. The molecular formula is C41H62N3O3Y2-. The summed E-state index contributed by atoms with van der Waals surface area (Å²) in [6.45, 7) is 33.3. The van der Waals surface area contributed by atoms with Gasteiger partial charge in [0.1, 0.15) is 11.5 Å². The number of rotatable bonds is 9. The summed E-state index contributed by atoms with van der Waals surface area (Å²) in [6.07, 6.45) is 0. The first-order chi connectivity index (χ1) is 21.3. The number of hydrogen-bond acceptors (Lipinski definition) is 5. The molecule has 3 rings (SSSR count). The largest absolute Gasteiger partial charge is 0.589 e. The van der Waals surface area contributed by atoms with Crippen LogP contribution in [0, 0.1) is 20.8 Å². The molecule has 0 heterocycles. The third-order valence-corrected chi connectivity index (χ3v) is 9.00. The number of aromatic hydroxyl groups is 2. The number of phenols is 2. The molecule has 8 heteroatoms. The van der Waals surface area contributed by atoms with Gasteiger partial charge in [-0.05, 0) is 92.5 Å². The average molecular weight is 823 g/mol. The van der Waals surface area contributed by atoms with Crippen LogP contribution in [0.2, 0.25) is 0 Å². The van der Waals surface area contributed by atoms with Gasteiger partial charge in [0.2, 0.25) is 0 Å². The van der Waals surface area contributed by atoms with E-state index >= 15 is 0 Å². The first-order valence-electron chi connectivity index (χ1n) is 17.0. The summed E-state index contributed by atoms with van der Waals surface area (Å²) < 4.78 is 0. The van der Waals surface area contributed by atoms with E-state index in [1.807, 2.05) is 24.1 Å². The summed E-state index contributed by atoms with van der Waals surface area (Å²) in [7, 11) is 0. The van der Waals surface area contributed by atoms with Crippen LogP contribution in [-0.4, -0.2) is 32.2 Å². The number of nitrogens with zero attached hydrogens (tertiary/aromatic N) is 3. The molecule has 0 fully saturated rings. The summed E-state index contributed by atoms with van der Waals surface area (Å²) in [6, 6.07) is 12.6. The van der Waals surface area contributed by atoms with Crippen LogP contribution in [0.1, 0.15) is 139 Å². The van der Waals surface area contributed by atoms with Gasteiger partial charge in [0.15, 0.2) is 0 Å². The second-order valence-electron chi connectivity index (χ2n) is 17.7. The van der Waals surface area contributed by atoms with Crippen LogP contribution in [-0.2, 0) is 107 Å². The molecule has 0 atom stereocenters. The van der Waals surface area contributed by atoms with Crippen molar-refractivity contribution in [1.29, 1.82) is 0 Å². The maximum absolute atomic E-state index is 11.4. The van der Waals surface area contributed by atoms with Crippen molar-refractivity contribution in [3.63, 3.8) is 0 Å². The number of aryl methyl sites for hydroxylation is 2. The van der Waals surface area contributed by atoms with E-state index in [0.29, 0.717) is 31.1 Å². The summed E-state index contributed by atoms with van der Waals surface area (Å²) in [5.41, 5.74) is 14.7. The minimum Gasteiger partial charge on any atom is -0.589 e. The quantitative estimate of drug-likeness (QED) is 0.148. The predicted octanol–water partition coefficient (Wildman–Crippen LogP) is 10.3. The molecule has 0 aliphatic rings. The number of benzene rings is 3. The standard InChI is InChI=1S/C41H62N3O3.2Y/c1-26-16-30(19-32(28(26)3)38(4,5)6)24-44(47)25-43(42-22-29-17-27(2)36(45)33(18-29)39(7,8)9)23-31-20-34(40(10,11)12)37(46)35(21-31)41(13,14)15;;/h16-21,45-47H,22-25H2,1-15H3;;/q-1;;. The molecule has 0 bridgehead atoms. The Labute approximate surface area is 348 Å². The fraction of sp³-hybridized carbons (Fsp3) is 0.561. The third kappa shape index (κ3) is 12.5. The Morgan fingerprint density at radius 2 is 0.918 bits per heavy atom. The van der Waals surface area contributed by atoms with Gasteiger partial charge in [-0.15, -0.1) is 6.54 Å². The van der Waals surface area contributed by atoms with Crippen LogP contribution in [0.3, 0.4) is 0 Å². The van der Waals surface area contributed by atoms with E-state index in [1.54, 1.807) is 0 Å². The second-order valence-corrected chi connectivity index (χ2v) is 17.7. The molecule has 0 unspecified atom stereocenters. The SMILES string of the molecule is Cc1cc(CN(O)CN(Cc2cc(C(C)(C)C)c(O)c(C(C)(C)C)c2)[N-]Cc2cc(C)c(O)c(C(C)(C)C)c2)cc(C(C)(C)C)c1C.[Y].[Y]. The van der Waals surface area contributed by atoms with Gasteiger partial charge in [-0.25, -0.2) is 0 Å². The maximum Gasteiger partial charge on any atom is 0.123 e. The molecular weight excluding hydrogens is 760 g/mol. The van der Waals surface area contributed by atoms with Crippen molar-refractivity contribution in [2.24, 2.45) is 0 Å². The monoisotopic (exact) mass is 822 g/mol. The van der Waals surface area contributed by atoms with Crippen LogP contribution >= 0.6 is 0 Å². The fourth-order valence-corrected chi connectivity index (χ4v) is 6.24. The van der Waals surface area contributed by atoms with E-state index in [-0.39, 0.29) is 93.7 Å². The average Bonchev–Trinajstić information content (AvgIpc) is 2.89. The van der Waals surface area contributed by atoms with Gasteiger partial charge in [0, 0.05) is 72.0 Å². The molecule has 2 radical (unpaired) electrons. The molecule has 0 spiro atoms. The number of hydrogen-bond donors (Lipinski definition) is 3. The molecule has 3 N–H and O–H groups in total. The maximum atomic E-state index is 11.4. The van der Waals surface area contributed by atoms with Crippen molar-refractivity contribution in [1.82, 2.24) is 10.1 Å². The van der Waals surface area contributed by atoms with Gasteiger partial charge in [-0.2, -0.15) is 5.06 Å². The Balaban J connectivity index is 0.00000600. The molecule has 0 amide bonds. The van der Waals surface area contributed by atoms with Gasteiger partial charge in [0.05, 0.1) is 13.2 Å². The van der Waals surface area contributed by atoms with Crippen LogP contribution in [0.15, 0.2) is 36.4 Å². The smallest absolute Gasteiger partial charge is 0.123 e. The topological polar surface area (TPSA) is 81.3 Å². The van der Waals surface area contributed by atoms with Gasteiger partial charge >= 0.3 is 0 Å². The summed E-state index contributed by atoms with van der Waals surface area (Å²) >= 11 is 0. The first kappa shape index (κ1) is 46.3. The predicted molar refractivity (Wildman–Crippen MR) is 196 cm³/mol. The first-order valence-corrected chi connectivity index (χ1v) is 17.0. The van der Waals surface area contributed by atoms with E-state index in [9.17, 15) is 15.4 Å². The zero-order valence-electron chi connectivity index (χ0n) is 33.1. The number of phenolic OH excluding ortho intramolecular Hbond substituents is 2. The van der Waals surface area contributed by atoms with Crippen molar-refractivity contribution in [3.05, 3.63) is 97.5 Å². The molecule has 49 heavy (non-hydrogen) atoms. The van der Waals surface area contributed by atoms with Crippen molar-refractivity contribution in [2.45, 2.75) is 145 Å². The minimum atomic E-state index is -0.258. The minimum absolute atomic E-state index is 0. The second kappa shape index (κ2) is 17.4. The zero-order chi connectivity index (χ0) is 35.9. The van der Waals surface area contributed by atoms with Gasteiger partial charge in [-0.3, -0.25) is 0 Å². The Morgan fingerprint density at radius 1 is 0.531 bits per heavy atom. The normalized spacial score (nSPS) is 12.7. The van der Waals surface area contributed by atoms with Gasteiger partial charge in [-0.1, -0.05) is 125 Å². The van der Waals surface area contributed by atoms with E-state index in [2.05, 4.69) is 121 Å². The molecule has 6 nitrogen and oxygen atoms in total. The van der Waals surface area contributed by atoms with Crippen molar-refractivity contribution < 1.29 is 80.8 Å². The van der Waals surface area contributed by atoms with Gasteiger partial charge in [0.25, 0.3) is 0 Å². The van der Waals surface area contributed by atoms with Gasteiger partial charge < -0.3 is 25.9 Å². The van der Waals surface area contributed by atoms with Crippen molar-refractivity contribution in [3.8, 4) is 11.5 Å². The molecule has 0 aromatic heterocycles. The summed E-state index contributed by atoms with van der Waals surface area (Å²) in [5.74, 6) is 0.677. The van der Waals surface area contributed by atoms with Crippen LogP contribution in [0.4, 0.5) is 0 Å². The number of hydroxylamine groups is 2. The zero-order valence-corrected chi connectivity index (χ0v) is 38.8. The molecule has 0 aliphatic heterocycles. The molecule has 3 aromatic carbocycles.